The molecule has 0 aliphatic heterocycles. The van der Waals surface area contributed by atoms with Crippen molar-refractivity contribution in [3.8, 4) is 0 Å². The zero-order valence-electron chi connectivity index (χ0n) is 11.1. The summed E-state index contributed by atoms with van der Waals surface area (Å²) < 4.78 is 0. The van der Waals surface area contributed by atoms with Crippen LogP contribution in [0.5, 0.6) is 0 Å². The normalized spacial score (nSPS) is 13.3. The average Bonchev–Trinajstić information content (AvgIpc) is 2.42. The molecule has 18 heavy (non-hydrogen) atoms. The summed E-state index contributed by atoms with van der Waals surface area (Å²) in [6.07, 6.45) is 0.999. The van der Waals surface area contributed by atoms with Crippen molar-refractivity contribution in [1.82, 2.24) is 0 Å². The lowest BCUT2D eigenvalue weighted by Gasteiger charge is -2.38. The molecule has 2 rings (SSSR count). The van der Waals surface area contributed by atoms with E-state index < -0.39 is 0 Å². The SMILES string of the molecule is CCC(c1ccccc1)(c1ccccc1)[C@H](C)N. The minimum atomic E-state index is -0.0947. The molecule has 2 aromatic carbocycles. The zero-order valence-corrected chi connectivity index (χ0v) is 11.1. The van der Waals surface area contributed by atoms with E-state index >= 15 is 0 Å². The van der Waals surface area contributed by atoms with Crippen LogP contribution in [0.25, 0.3) is 0 Å². The molecule has 94 valence electrons. The second-order valence-electron chi connectivity index (χ2n) is 4.85. The van der Waals surface area contributed by atoms with Crippen LogP contribution in [-0.2, 0) is 5.41 Å². The topological polar surface area (TPSA) is 26.0 Å². The van der Waals surface area contributed by atoms with E-state index in [1.165, 1.54) is 11.1 Å². The van der Waals surface area contributed by atoms with Gasteiger partial charge in [0, 0.05) is 11.5 Å². The van der Waals surface area contributed by atoms with Crippen molar-refractivity contribution in [2.45, 2.75) is 31.7 Å². The van der Waals surface area contributed by atoms with Crippen molar-refractivity contribution in [1.29, 1.82) is 0 Å². The molecule has 1 nitrogen and oxygen atoms in total. The molecule has 0 amide bonds. The van der Waals surface area contributed by atoms with Crippen LogP contribution in [0, 0.1) is 0 Å². The lowest BCUT2D eigenvalue weighted by atomic mass is 9.68. The summed E-state index contributed by atoms with van der Waals surface area (Å²) in [4.78, 5) is 0. The third-order valence-electron chi connectivity index (χ3n) is 3.91. The molecule has 0 aromatic heterocycles. The maximum absolute atomic E-state index is 6.35. The van der Waals surface area contributed by atoms with Gasteiger partial charge >= 0.3 is 0 Å². The van der Waals surface area contributed by atoms with E-state index in [-0.39, 0.29) is 11.5 Å². The molecule has 0 bridgehead atoms. The van der Waals surface area contributed by atoms with Crippen molar-refractivity contribution in [2.24, 2.45) is 5.73 Å². The minimum absolute atomic E-state index is 0.0762. The third kappa shape index (κ3) is 2.06. The molecule has 0 spiro atoms. The predicted molar refractivity (Wildman–Crippen MR) is 77.6 cm³/mol. The Hall–Kier alpha value is -1.60. The number of hydrogen-bond donors (Lipinski definition) is 1. The van der Waals surface area contributed by atoms with Crippen LogP contribution in [0.1, 0.15) is 31.4 Å². The van der Waals surface area contributed by atoms with E-state index in [9.17, 15) is 0 Å². The summed E-state index contributed by atoms with van der Waals surface area (Å²) in [6.45, 7) is 4.31. The van der Waals surface area contributed by atoms with Gasteiger partial charge in [0.05, 0.1) is 0 Å². The van der Waals surface area contributed by atoms with Gasteiger partial charge in [-0.25, -0.2) is 0 Å². The molecule has 0 fully saturated rings. The first-order valence-electron chi connectivity index (χ1n) is 6.58. The van der Waals surface area contributed by atoms with Gasteiger partial charge in [-0.15, -0.1) is 0 Å². The number of nitrogens with two attached hydrogens (primary N) is 1. The van der Waals surface area contributed by atoms with Gasteiger partial charge in [0.2, 0.25) is 0 Å². The monoisotopic (exact) mass is 239 g/mol. The summed E-state index contributed by atoms with van der Waals surface area (Å²) in [5.74, 6) is 0. The van der Waals surface area contributed by atoms with E-state index in [0.29, 0.717) is 0 Å². The van der Waals surface area contributed by atoms with Crippen LogP contribution < -0.4 is 5.73 Å². The van der Waals surface area contributed by atoms with Crippen LogP contribution in [-0.4, -0.2) is 6.04 Å². The Morgan fingerprint density at radius 3 is 1.56 bits per heavy atom. The summed E-state index contributed by atoms with van der Waals surface area (Å²) in [5.41, 5.74) is 8.85. The highest BCUT2D eigenvalue weighted by atomic mass is 14.7. The van der Waals surface area contributed by atoms with E-state index in [1.54, 1.807) is 0 Å². The summed E-state index contributed by atoms with van der Waals surface area (Å²) in [5, 5.41) is 0. The Kier molecular flexibility index (Phi) is 3.83. The maximum Gasteiger partial charge on any atom is 0.0348 e. The van der Waals surface area contributed by atoms with Gasteiger partial charge < -0.3 is 5.73 Å². The van der Waals surface area contributed by atoms with Gasteiger partial charge in [-0.05, 0) is 24.5 Å². The molecule has 0 aliphatic rings. The quantitative estimate of drug-likeness (QED) is 0.864. The molecule has 1 atom stereocenters. The van der Waals surface area contributed by atoms with Crippen molar-refractivity contribution >= 4 is 0 Å². The van der Waals surface area contributed by atoms with Crippen molar-refractivity contribution < 1.29 is 0 Å². The van der Waals surface area contributed by atoms with Gasteiger partial charge in [0.25, 0.3) is 0 Å². The Balaban J connectivity index is 2.61. The fourth-order valence-electron chi connectivity index (χ4n) is 2.89. The number of rotatable bonds is 4. The molecule has 2 aromatic rings. The van der Waals surface area contributed by atoms with Gasteiger partial charge in [-0.3, -0.25) is 0 Å². The standard InChI is InChI=1S/C17H21N/c1-3-17(14(2)18,15-10-6-4-7-11-15)16-12-8-5-9-13-16/h4-14H,3,18H2,1-2H3/t14-/m0/s1. The van der Waals surface area contributed by atoms with Crippen LogP contribution in [0.15, 0.2) is 60.7 Å². The Morgan fingerprint density at radius 1 is 0.889 bits per heavy atom. The Labute approximate surface area is 110 Å². The fourth-order valence-corrected chi connectivity index (χ4v) is 2.89. The molecule has 1 heteroatoms. The number of hydrogen-bond acceptors (Lipinski definition) is 1. The zero-order chi connectivity index (χ0) is 13.0. The second-order valence-corrected chi connectivity index (χ2v) is 4.85. The minimum Gasteiger partial charge on any atom is -0.327 e. The van der Waals surface area contributed by atoms with E-state index in [1.807, 2.05) is 0 Å². The molecule has 0 heterocycles. The first-order chi connectivity index (χ1) is 8.71. The lowest BCUT2D eigenvalue weighted by Crippen LogP contribution is -2.44. The lowest BCUT2D eigenvalue weighted by molar-refractivity contribution is 0.415. The molecule has 0 saturated heterocycles. The first-order valence-corrected chi connectivity index (χ1v) is 6.58. The van der Waals surface area contributed by atoms with E-state index in [2.05, 4.69) is 74.5 Å². The summed E-state index contributed by atoms with van der Waals surface area (Å²) in [6, 6.07) is 21.3. The average molecular weight is 239 g/mol. The van der Waals surface area contributed by atoms with E-state index in [4.69, 9.17) is 5.73 Å². The Bertz CT molecular complexity index is 434. The number of benzene rings is 2. The summed E-state index contributed by atoms with van der Waals surface area (Å²) in [7, 11) is 0. The highest BCUT2D eigenvalue weighted by molar-refractivity contribution is 5.41. The van der Waals surface area contributed by atoms with Crippen LogP contribution >= 0.6 is 0 Å². The predicted octanol–water partition coefficient (Wildman–Crippen LogP) is 3.73. The molecule has 0 radical (unpaired) electrons. The molecular weight excluding hydrogens is 218 g/mol. The van der Waals surface area contributed by atoms with Crippen LogP contribution in [0.4, 0.5) is 0 Å². The molecule has 0 aliphatic carbocycles. The molecule has 0 saturated carbocycles. The smallest absolute Gasteiger partial charge is 0.0348 e. The van der Waals surface area contributed by atoms with Crippen molar-refractivity contribution in [2.75, 3.05) is 0 Å². The maximum atomic E-state index is 6.35. The Morgan fingerprint density at radius 2 is 1.28 bits per heavy atom. The summed E-state index contributed by atoms with van der Waals surface area (Å²) >= 11 is 0. The van der Waals surface area contributed by atoms with Crippen molar-refractivity contribution in [3.63, 3.8) is 0 Å². The third-order valence-corrected chi connectivity index (χ3v) is 3.91. The largest absolute Gasteiger partial charge is 0.327 e. The molecule has 2 N–H and O–H groups in total. The van der Waals surface area contributed by atoms with Crippen LogP contribution in [0.3, 0.4) is 0 Å². The first kappa shape index (κ1) is 12.8. The molecule has 0 unspecified atom stereocenters. The highest BCUT2D eigenvalue weighted by Gasteiger charge is 2.35. The fraction of sp³-hybridized carbons (Fsp3) is 0.294. The molecular formula is C17H21N. The van der Waals surface area contributed by atoms with Crippen molar-refractivity contribution in [3.05, 3.63) is 71.8 Å². The highest BCUT2D eigenvalue weighted by Crippen LogP contribution is 2.37. The van der Waals surface area contributed by atoms with Crippen LogP contribution in [0.2, 0.25) is 0 Å². The van der Waals surface area contributed by atoms with Gasteiger partial charge in [-0.1, -0.05) is 67.6 Å². The van der Waals surface area contributed by atoms with Gasteiger partial charge in [0.1, 0.15) is 0 Å². The van der Waals surface area contributed by atoms with Gasteiger partial charge in [0.15, 0.2) is 0 Å². The van der Waals surface area contributed by atoms with Gasteiger partial charge in [-0.2, -0.15) is 0 Å². The second kappa shape index (κ2) is 5.36. The van der Waals surface area contributed by atoms with E-state index in [0.717, 1.165) is 6.42 Å².